The number of amides is 1. The zero-order valence-corrected chi connectivity index (χ0v) is 11.0. The van der Waals surface area contributed by atoms with Crippen LogP contribution in [0.2, 0.25) is 0 Å². The first-order valence-corrected chi connectivity index (χ1v) is 6.13. The third-order valence-corrected chi connectivity index (χ3v) is 2.92. The molecule has 1 aromatic heterocycles. The Bertz CT molecular complexity index is 612. The molecular weight excluding hydrogens is 287 g/mol. The molecule has 2 rings (SSSR count). The smallest absolute Gasteiger partial charge is 0.291 e. The van der Waals surface area contributed by atoms with Gasteiger partial charge in [0, 0.05) is 0 Å². The summed E-state index contributed by atoms with van der Waals surface area (Å²) >= 11 is 0. The minimum Gasteiger partial charge on any atom is -0.291 e. The molecule has 21 heavy (non-hydrogen) atoms. The van der Waals surface area contributed by atoms with Gasteiger partial charge in [0.15, 0.2) is 0 Å². The van der Waals surface area contributed by atoms with Crippen molar-refractivity contribution in [3.63, 3.8) is 0 Å². The van der Waals surface area contributed by atoms with Gasteiger partial charge in [-0.05, 0) is 23.3 Å². The maximum Gasteiger partial charge on any atom is 0.416 e. The summed E-state index contributed by atoms with van der Waals surface area (Å²) in [6.45, 7) is 1.71. The average Bonchev–Trinajstić information content (AvgIpc) is 2.92. The summed E-state index contributed by atoms with van der Waals surface area (Å²) in [5.74, 6) is -1.24. The van der Waals surface area contributed by atoms with Crippen LogP contribution in [0.4, 0.5) is 19.1 Å². The van der Waals surface area contributed by atoms with Crippen molar-refractivity contribution in [2.45, 2.75) is 25.4 Å². The molecule has 0 spiro atoms. The number of nitrogens with zero attached hydrogens (tertiary/aromatic N) is 3. The van der Waals surface area contributed by atoms with Crippen LogP contribution in [-0.2, 0) is 11.0 Å². The molecule has 0 unspecified atom stereocenters. The molecule has 0 saturated carbocycles. The maximum atomic E-state index is 12.7. The summed E-state index contributed by atoms with van der Waals surface area (Å²) in [5.41, 5.74) is -0.501. The highest BCUT2D eigenvalue weighted by molar-refractivity contribution is 5.94. The standard InChI is InChI=1S/C12H12F3N5O/c1-2-9(10(21)16-11-17-19-20-18-11)7-4-3-5-8(6-7)12(13,14)15/h3-6,9H,2H2,1H3,(H2,16,17,18,19,20,21)/t9-/m0/s1. The highest BCUT2D eigenvalue weighted by Gasteiger charge is 2.31. The summed E-state index contributed by atoms with van der Waals surface area (Å²) in [4.78, 5) is 12.1. The second-order valence-corrected chi connectivity index (χ2v) is 4.31. The van der Waals surface area contributed by atoms with Crippen LogP contribution in [0.3, 0.4) is 0 Å². The minimum atomic E-state index is -4.45. The van der Waals surface area contributed by atoms with Gasteiger partial charge >= 0.3 is 6.18 Å². The number of aromatic nitrogens is 4. The SMILES string of the molecule is CC[C@H](C(=O)Nc1nn[nH]n1)c1cccc(C(F)(F)F)c1. The molecule has 112 valence electrons. The Morgan fingerprint density at radius 2 is 2.19 bits per heavy atom. The third kappa shape index (κ3) is 3.56. The van der Waals surface area contributed by atoms with Crippen molar-refractivity contribution in [1.82, 2.24) is 20.6 Å². The lowest BCUT2D eigenvalue weighted by Gasteiger charge is -2.15. The molecule has 1 atom stereocenters. The van der Waals surface area contributed by atoms with Gasteiger partial charge in [-0.1, -0.05) is 30.2 Å². The van der Waals surface area contributed by atoms with Crippen LogP contribution in [0.25, 0.3) is 0 Å². The number of halogens is 3. The number of tetrazole rings is 1. The molecule has 0 radical (unpaired) electrons. The molecule has 2 aromatic rings. The van der Waals surface area contributed by atoms with Crippen molar-refractivity contribution >= 4 is 11.9 Å². The zero-order valence-electron chi connectivity index (χ0n) is 11.0. The summed E-state index contributed by atoms with van der Waals surface area (Å²) < 4.78 is 38.1. The van der Waals surface area contributed by atoms with E-state index in [9.17, 15) is 18.0 Å². The number of benzene rings is 1. The van der Waals surface area contributed by atoms with E-state index < -0.39 is 23.6 Å². The first-order valence-electron chi connectivity index (χ1n) is 6.13. The van der Waals surface area contributed by atoms with Gasteiger partial charge < -0.3 is 0 Å². The highest BCUT2D eigenvalue weighted by atomic mass is 19.4. The number of hydrogen-bond donors (Lipinski definition) is 2. The van der Waals surface area contributed by atoms with Crippen molar-refractivity contribution < 1.29 is 18.0 Å². The van der Waals surface area contributed by atoms with E-state index in [0.717, 1.165) is 12.1 Å². The van der Waals surface area contributed by atoms with Crippen molar-refractivity contribution in [3.8, 4) is 0 Å². The van der Waals surface area contributed by atoms with E-state index in [1.165, 1.54) is 12.1 Å². The Kier molecular flexibility index (Phi) is 4.20. The predicted molar refractivity (Wildman–Crippen MR) is 67.3 cm³/mol. The lowest BCUT2D eigenvalue weighted by Crippen LogP contribution is -2.22. The first kappa shape index (κ1) is 14.9. The Balaban J connectivity index is 2.23. The summed E-state index contributed by atoms with van der Waals surface area (Å²) in [6.07, 6.45) is -4.11. The molecule has 0 fully saturated rings. The number of aromatic amines is 1. The summed E-state index contributed by atoms with van der Waals surface area (Å²) in [5, 5.41) is 15.0. The van der Waals surface area contributed by atoms with Gasteiger partial charge in [-0.3, -0.25) is 10.1 Å². The molecule has 6 nitrogen and oxygen atoms in total. The molecule has 2 N–H and O–H groups in total. The van der Waals surface area contributed by atoms with E-state index in [1.54, 1.807) is 6.92 Å². The zero-order chi connectivity index (χ0) is 15.5. The molecular formula is C12H12F3N5O. The molecule has 9 heteroatoms. The van der Waals surface area contributed by atoms with Crippen LogP contribution < -0.4 is 5.32 Å². The van der Waals surface area contributed by atoms with Gasteiger partial charge in [0.05, 0.1) is 11.5 Å². The normalized spacial score (nSPS) is 13.0. The lowest BCUT2D eigenvalue weighted by atomic mass is 9.94. The lowest BCUT2D eigenvalue weighted by molar-refractivity contribution is -0.137. The van der Waals surface area contributed by atoms with E-state index in [1.807, 2.05) is 0 Å². The van der Waals surface area contributed by atoms with Gasteiger partial charge in [-0.25, -0.2) is 0 Å². The Hall–Kier alpha value is -2.45. The van der Waals surface area contributed by atoms with Crippen molar-refractivity contribution in [2.75, 3.05) is 5.32 Å². The predicted octanol–water partition coefficient (Wildman–Crippen LogP) is 2.35. The second-order valence-electron chi connectivity index (χ2n) is 4.31. The van der Waals surface area contributed by atoms with E-state index in [4.69, 9.17) is 0 Å². The largest absolute Gasteiger partial charge is 0.416 e. The molecule has 0 aliphatic heterocycles. The van der Waals surface area contributed by atoms with Crippen LogP contribution in [0.5, 0.6) is 0 Å². The van der Waals surface area contributed by atoms with E-state index in [0.29, 0.717) is 6.42 Å². The number of nitrogens with one attached hydrogen (secondary N) is 2. The monoisotopic (exact) mass is 299 g/mol. The number of H-pyrrole nitrogens is 1. The summed E-state index contributed by atoms with van der Waals surface area (Å²) in [7, 11) is 0. The van der Waals surface area contributed by atoms with E-state index >= 15 is 0 Å². The topological polar surface area (TPSA) is 83.6 Å². The average molecular weight is 299 g/mol. The number of anilines is 1. The molecule has 0 saturated heterocycles. The van der Waals surface area contributed by atoms with Crippen molar-refractivity contribution in [1.29, 1.82) is 0 Å². The van der Waals surface area contributed by atoms with Crippen molar-refractivity contribution in [3.05, 3.63) is 35.4 Å². The molecule has 1 amide bonds. The number of rotatable bonds is 4. The Morgan fingerprint density at radius 1 is 1.43 bits per heavy atom. The number of carbonyl (C=O) groups excluding carboxylic acids is 1. The third-order valence-electron chi connectivity index (χ3n) is 2.92. The first-order chi connectivity index (χ1) is 9.91. The van der Waals surface area contributed by atoms with Gasteiger partial charge in [0.25, 0.3) is 5.95 Å². The fourth-order valence-corrected chi connectivity index (χ4v) is 1.92. The minimum absolute atomic E-state index is 0.0228. The molecule has 1 aromatic carbocycles. The van der Waals surface area contributed by atoms with Gasteiger partial charge in [0.2, 0.25) is 5.91 Å². The number of hydrogen-bond acceptors (Lipinski definition) is 4. The maximum absolute atomic E-state index is 12.7. The highest BCUT2D eigenvalue weighted by Crippen LogP contribution is 2.32. The fourth-order valence-electron chi connectivity index (χ4n) is 1.92. The Morgan fingerprint density at radius 3 is 2.76 bits per heavy atom. The van der Waals surface area contributed by atoms with Crippen molar-refractivity contribution in [2.24, 2.45) is 0 Å². The van der Waals surface area contributed by atoms with E-state index in [2.05, 4.69) is 25.9 Å². The van der Waals surface area contributed by atoms with Gasteiger partial charge in [-0.15, -0.1) is 5.10 Å². The fraction of sp³-hybridized carbons (Fsp3) is 0.333. The van der Waals surface area contributed by atoms with Crippen LogP contribution in [0.15, 0.2) is 24.3 Å². The van der Waals surface area contributed by atoms with Crippen LogP contribution in [0.1, 0.15) is 30.4 Å². The van der Waals surface area contributed by atoms with Gasteiger partial charge in [-0.2, -0.15) is 18.4 Å². The second kappa shape index (κ2) is 5.90. The quantitative estimate of drug-likeness (QED) is 0.907. The summed E-state index contributed by atoms with van der Waals surface area (Å²) in [6, 6.07) is 4.71. The number of carbonyl (C=O) groups is 1. The molecule has 0 bridgehead atoms. The number of alkyl halides is 3. The van der Waals surface area contributed by atoms with Crippen LogP contribution in [-0.4, -0.2) is 26.5 Å². The molecule has 0 aliphatic carbocycles. The van der Waals surface area contributed by atoms with Crippen LogP contribution >= 0.6 is 0 Å². The van der Waals surface area contributed by atoms with E-state index in [-0.39, 0.29) is 11.5 Å². The Labute approximate surface area is 117 Å². The molecule has 1 heterocycles. The molecule has 0 aliphatic rings. The van der Waals surface area contributed by atoms with Gasteiger partial charge in [0.1, 0.15) is 0 Å². The van der Waals surface area contributed by atoms with Crippen LogP contribution in [0, 0.1) is 0 Å².